The Bertz CT molecular complexity index is 1350. The second-order valence-corrected chi connectivity index (χ2v) is 9.46. The van der Waals surface area contributed by atoms with Crippen LogP contribution in [0.25, 0.3) is 4.96 Å². The highest BCUT2D eigenvalue weighted by molar-refractivity contribution is 7.17. The fourth-order valence-corrected chi connectivity index (χ4v) is 5.80. The van der Waals surface area contributed by atoms with Crippen LogP contribution in [-0.2, 0) is 29.7 Å². The first kappa shape index (κ1) is 21.4. The van der Waals surface area contributed by atoms with E-state index in [1.165, 1.54) is 36.5 Å². The zero-order valence-corrected chi connectivity index (χ0v) is 19.5. The van der Waals surface area contributed by atoms with Crippen molar-refractivity contribution in [3.05, 3.63) is 56.4 Å². The first-order valence-corrected chi connectivity index (χ1v) is 11.6. The lowest BCUT2D eigenvalue weighted by Crippen LogP contribution is -2.40. The molecule has 1 atom stereocenters. The van der Waals surface area contributed by atoms with Gasteiger partial charge in [-0.2, -0.15) is 0 Å². The molecule has 2 aromatic heterocycles. The van der Waals surface area contributed by atoms with Gasteiger partial charge in [0.05, 0.1) is 26.5 Å². The lowest BCUT2D eigenvalue weighted by atomic mass is 9.91. The van der Waals surface area contributed by atoms with Crippen LogP contribution in [0.2, 0.25) is 0 Å². The lowest BCUT2D eigenvalue weighted by molar-refractivity contribution is -0.131. The molecule has 10 heteroatoms. The Morgan fingerprint density at radius 1 is 1.09 bits per heavy atom. The molecule has 1 N–H and O–H groups in total. The molecule has 3 amide bonds. The van der Waals surface area contributed by atoms with Crippen molar-refractivity contribution in [2.24, 2.45) is 0 Å². The molecule has 0 bridgehead atoms. The third-order valence-electron chi connectivity index (χ3n) is 6.37. The number of hydrogen-bond acceptors (Lipinski definition) is 7. The predicted molar refractivity (Wildman–Crippen MR) is 122 cm³/mol. The maximum Gasteiger partial charge on any atom is 0.325 e. The van der Waals surface area contributed by atoms with Gasteiger partial charge in [0.15, 0.2) is 16.5 Å². The number of hydrogen-bond donors (Lipinski definition) is 1. The molecule has 0 saturated carbocycles. The van der Waals surface area contributed by atoms with Gasteiger partial charge in [0.25, 0.3) is 11.5 Å². The van der Waals surface area contributed by atoms with Crippen LogP contribution in [-0.4, -0.2) is 40.4 Å². The molecule has 1 unspecified atom stereocenters. The van der Waals surface area contributed by atoms with Gasteiger partial charge in [-0.1, -0.05) is 6.07 Å². The second-order valence-electron chi connectivity index (χ2n) is 8.40. The maximum atomic E-state index is 13.4. The average Bonchev–Trinajstić information content (AvgIpc) is 3.29. The summed E-state index contributed by atoms with van der Waals surface area (Å²) in [5.74, 6) is 0.556. The fraction of sp³-hybridized carbons (Fsp3) is 0.391. The van der Waals surface area contributed by atoms with Crippen LogP contribution in [0.1, 0.15) is 41.6 Å². The number of nitrogens with zero attached hydrogens (tertiary/aromatic N) is 3. The van der Waals surface area contributed by atoms with Crippen LogP contribution in [0.3, 0.4) is 0 Å². The smallest absolute Gasteiger partial charge is 0.325 e. The second kappa shape index (κ2) is 7.87. The Morgan fingerprint density at radius 3 is 2.61 bits per heavy atom. The van der Waals surface area contributed by atoms with Crippen LogP contribution >= 0.6 is 11.3 Å². The summed E-state index contributed by atoms with van der Waals surface area (Å²) in [5.41, 5.74) is 0.539. The average molecular weight is 469 g/mol. The standard InChI is InChI=1S/C23H24N4O5S/c1-23(13-8-9-16(31-2)17(10-13)32-3)20(29)26(21(30)25-23)12-14-11-19(28)27-15-6-4-5-7-18(15)33-22(27)24-14/h8-11H,4-7,12H2,1-3H3,(H,25,30). The summed E-state index contributed by atoms with van der Waals surface area (Å²) in [4.78, 5) is 46.5. The van der Waals surface area contributed by atoms with E-state index in [-0.39, 0.29) is 12.1 Å². The first-order chi connectivity index (χ1) is 15.9. The molecule has 2 aliphatic rings. The number of carbonyl (C=O) groups is 2. The quantitative estimate of drug-likeness (QED) is 0.578. The van der Waals surface area contributed by atoms with E-state index in [4.69, 9.17) is 9.47 Å². The summed E-state index contributed by atoms with van der Waals surface area (Å²) in [6.45, 7) is 1.56. The Morgan fingerprint density at radius 2 is 1.85 bits per heavy atom. The molecule has 3 aromatic rings. The molecule has 0 spiro atoms. The lowest BCUT2D eigenvalue weighted by Gasteiger charge is -2.23. The molecule has 33 heavy (non-hydrogen) atoms. The maximum absolute atomic E-state index is 13.4. The molecule has 9 nitrogen and oxygen atoms in total. The van der Waals surface area contributed by atoms with Gasteiger partial charge in [-0.3, -0.25) is 18.9 Å². The Labute approximate surface area is 194 Å². The van der Waals surface area contributed by atoms with Crippen molar-refractivity contribution in [1.29, 1.82) is 0 Å². The van der Waals surface area contributed by atoms with Gasteiger partial charge in [0.1, 0.15) is 5.54 Å². The monoisotopic (exact) mass is 468 g/mol. The number of thiazole rings is 1. The van der Waals surface area contributed by atoms with E-state index in [1.54, 1.807) is 29.5 Å². The van der Waals surface area contributed by atoms with E-state index in [2.05, 4.69) is 10.3 Å². The summed E-state index contributed by atoms with van der Waals surface area (Å²) in [5, 5.41) is 2.78. The number of amides is 3. The summed E-state index contributed by atoms with van der Waals surface area (Å²) in [7, 11) is 3.04. The zero-order chi connectivity index (χ0) is 23.3. The number of imide groups is 1. The zero-order valence-electron chi connectivity index (χ0n) is 18.6. The topological polar surface area (TPSA) is 102 Å². The number of urea groups is 1. The van der Waals surface area contributed by atoms with Crippen molar-refractivity contribution >= 4 is 28.2 Å². The molecule has 1 aromatic carbocycles. The van der Waals surface area contributed by atoms with Crippen molar-refractivity contribution in [1.82, 2.24) is 19.6 Å². The molecule has 1 fully saturated rings. The number of benzene rings is 1. The Kier molecular flexibility index (Phi) is 5.12. The van der Waals surface area contributed by atoms with E-state index in [0.717, 1.165) is 36.3 Å². The normalized spacial score (nSPS) is 20.2. The van der Waals surface area contributed by atoms with Gasteiger partial charge in [-0.15, -0.1) is 11.3 Å². The van der Waals surface area contributed by atoms with Gasteiger partial charge in [-0.05, 0) is 50.3 Å². The van der Waals surface area contributed by atoms with E-state index in [0.29, 0.717) is 27.7 Å². The van der Waals surface area contributed by atoms with Crippen LogP contribution in [0.5, 0.6) is 11.5 Å². The third kappa shape index (κ3) is 3.36. The number of ether oxygens (including phenoxy) is 2. The van der Waals surface area contributed by atoms with Crippen LogP contribution in [0.15, 0.2) is 29.1 Å². The van der Waals surface area contributed by atoms with E-state index in [9.17, 15) is 14.4 Å². The SMILES string of the molecule is COc1ccc(C2(C)NC(=O)N(Cc3cc(=O)n4c5c(sc4n3)CCCC5)C2=O)cc1OC. The molecule has 0 radical (unpaired) electrons. The highest BCUT2D eigenvalue weighted by Gasteiger charge is 2.49. The third-order valence-corrected chi connectivity index (χ3v) is 7.51. The van der Waals surface area contributed by atoms with Crippen LogP contribution in [0, 0.1) is 0 Å². The number of carbonyl (C=O) groups excluding carboxylic acids is 2. The number of aromatic nitrogens is 2. The van der Waals surface area contributed by atoms with E-state index >= 15 is 0 Å². The minimum atomic E-state index is -1.28. The van der Waals surface area contributed by atoms with Gasteiger partial charge in [0.2, 0.25) is 0 Å². The Hall–Kier alpha value is -3.40. The summed E-state index contributed by atoms with van der Waals surface area (Å²) >= 11 is 1.51. The van der Waals surface area contributed by atoms with Gasteiger partial charge in [-0.25, -0.2) is 9.78 Å². The molecule has 3 heterocycles. The molecule has 172 valence electrons. The van der Waals surface area contributed by atoms with E-state index < -0.39 is 17.5 Å². The van der Waals surface area contributed by atoms with Crippen LogP contribution in [0.4, 0.5) is 4.79 Å². The van der Waals surface area contributed by atoms with Crippen LogP contribution < -0.4 is 20.3 Å². The van der Waals surface area contributed by atoms with Crippen molar-refractivity contribution in [2.45, 2.75) is 44.7 Å². The number of aryl methyl sites for hydroxylation is 2. The van der Waals surface area contributed by atoms with E-state index in [1.807, 2.05) is 0 Å². The van der Waals surface area contributed by atoms with Crippen molar-refractivity contribution in [3.63, 3.8) is 0 Å². The largest absolute Gasteiger partial charge is 0.493 e. The van der Waals surface area contributed by atoms with Crippen molar-refractivity contribution in [3.8, 4) is 11.5 Å². The predicted octanol–water partition coefficient (Wildman–Crippen LogP) is 2.62. The molecular weight excluding hydrogens is 444 g/mol. The minimum Gasteiger partial charge on any atom is -0.493 e. The number of methoxy groups -OCH3 is 2. The van der Waals surface area contributed by atoms with Crippen molar-refractivity contribution in [2.75, 3.05) is 14.2 Å². The summed E-state index contributed by atoms with van der Waals surface area (Å²) in [6.07, 6.45) is 3.99. The van der Waals surface area contributed by atoms with Gasteiger partial charge in [0, 0.05) is 16.6 Å². The Balaban J connectivity index is 1.46. The number of fused-ring (bicyclic) bond motifs is 3. The highest BCUT2D eigenvalue weighted by Crippen LogP contribution is 2.36. The number of rotatable bonds is 5. The molecule has 1 aliphatic heterocycles. The highest BCUT2D eigenvalue weighted by atomic mass is 32.1. The minimum absolute atomic E-state index is 0.0815. The molecule has 1 aliphatic carbocycles. The molecule has 1 saturated heterocycles. The fourth-order valence-electron chi connectivity index (χ4n) is 4.57. The first-order valence-electron chi connectivity index (χ1n) is 10.8. The van der Waals surface area contributed by atoms with Gasteiger partial charge >= 0.3 is 6.03 Å². The summed E-state index contributed by atoms with van der Waals surface area (Å²) < 4.78 is 12.3. The summed E-state index contributed by atoms with van der Waals surface area (Å²) in [6, 6.07) is 5.96. The van der Waals surface area contributed by atoms with Gasteiger partial charge < -0.3 is 14.8 Å². The van der Waals surface area contributed by atoms with Crippen molar-refractivity contribution < 1.29 is 19.1 Å². The number of nitrogens with one attached hydrogen (secondary N) is 1. The molecule has 5 rings (SSSR count). The molecular formula is C23H24N4O5S.